The highest BCUT2D eigenvalue weighted by Crippen LogP contribution is 2.35. The van der Waals surface area contributed by atoms with Gasteiger partial charge in [0.2, 0.25) is 5.78 Å². The van der Waals surface area contributed by atoms with Crippen molar-refractivity contribution >= 4 is 33.6 Å². The summed E-state index contributed by atoms with van der Waals surface area (Å²) in [5.41, 5.74) is 2.03. The minimum Gasteiger partial charge on any atom is -0.452 e. The van der Waals surface area contributed by atoms with Crippen molar-refractivity contribution in [3.05, 3.63) is 94.2 Å². The Balaban J connectivity index is 1.59. The maximum atomic E-state index is 12.5. The SMILES string of the molecule is Cc1ccc(S(=O)(=O)Oc2ccc3c(c2)OC(=Cc2ccc(Cl)cc2)C3=O)cc1. The number of halogens is 1. The monoisotopic (exact) mass is 426 g/mol. The van der Waals surface area contributed by atoms with E-state index in [2.05, 4.69) is 0 Å². The normalized spacial score (nSPS) is 14.6. The molecule has 0 atom stereocenters. The minimum atomic E-state index is -3.99. The molecule has 7 heteroatoms. The lowest BCUT2D eigenvalue weighted by molar-refractivity contribution is 0.101. The Labute approximate surface area is 173 Å². The van der Waals surface area contributed by atoms with Crippen LogP contribution in [0.15, 0.2) is 77.4 Å². The van der Waals surface area contributed by atoms with E-state index in [0.717, 1.165) is 11.1 Å². The fourth-order valence-corrected chi connectivity index (χ4v) is 3.86. The summed E-state index contributed by atoms with van der Waals surface area (Å²) in [6.45, 7) is 1.86. The van der Waals surface area contributed by atoms with Gasteiger partial charge in [-0.1, -0.05) is 41.4 Å². The fraction of sp³-hybridized carbons (Fsp3) is 0.0455. The number of fused-ring (bicyclic) bond motifs is 1. The Bertz CT molecular complexity index is 1230. The summed E-state index contributed by atoms with van der Waals surface area (Å²) in [6.07, 6.45) is 1.60. The molecule has 0 fully saturated rings. The number of Topliss-reactive ketones (excluding diaryl/α,β-unsaturated/α-hetero) is 1. The van der Waals surface area contributed by atoms with Crippen LogP contribution in [-0.2, 0) is 10.1 Å². The van der Waals surface area contributed by atoms with Crippen LogP contribution in [0, 0.1) is 6.92 Å². The molecule has 5 nitrogen and oxygen atoms in total. The second kappa shape index (κ2) is 7.39. The van der Waals surface area contributed by atoms with Gasteiger partial charge in [0.15, 0.2) is 5.76 Å². The van der Waals surface area contributed by atoms with Gasteiger partial charge in [-0.2, -0.15) is 8.42 Å². The summed E-state index contributed by atoms with van der Waals surface area (Å²) >= 11 is 5.87. The second-order valence-corrected chi connectivity index (χ2v) is 8.48. The molecule has 0 unspecified atom stereocenters. The summed E-state index contributed by atoms with van der Waals surface area (Å²) in [7, 11) is -3.99. The van der Waals surface area contributed by atoms with Crippen molar-refractivity contribution in [2.45, 2.75) is 11.8 Å². The molecule has 0 saturated carbocycles. The lowest BCUT2D eigenvalue weighted by Gasteiger charge is -2.08. The van der Waals surface area contributed by atoms with Gasteiger partial charge in [0.25, 0.3) is 0 Å². The third-order valence-electron chi connectivity index (χ3n) is 4.32. The Morgan fingerprint density at radius 3 is 2.34 bits per heavy atom. The average molecular weight is 427 g/mol. The Hall–Kier alpha value is -3.09. The first-order valence-corrected chi connectivity index (χ1v) is 10.5. The van der Waals surface area contributed by atoms with Crippen LogP contribution in [0.5, 0.6) is 11.5 Å². The highest BCUT2D eigenvalue weighted by molar-refractivity contribution is 7.87. The first kappa shape index (κ1) is 19.2. The predicted molar refractivity (Wildman–Crippen MR) is 110 cm³/mol. The van der Waals surface area contributed by atoms with Gasteiger partial charge in [0.1, 0.15) is 16.4 Å². The zero-order chi connectivity index (χ0) is 20.6. The summed E-state index contributed by atoms with van der Waals surface area (Å²) in [6, 6.07) is 17.6. The van der Waals surface area contributed by atoms with Gasteiger partial charge >= 0.3 is 10.1 Å². The molecule has 0 radical (unpaired) electrons. The zero-order valence-electron chi connectivity index (χ0n) is 15.3. The van der Waals surface area contributed by atoms with Gasteiger partial charge in [0.05, 0.1) is 5.56 Å². The number of allylic oxidation sites excluding steroid dienone is 1. The lowest BCUT2D eigenvalue weighted by Crippen LogP contribution is -2.09. The number of aryl methyl sites for hydroxylation is 1. The van der Waals surface area contributed by atoms with Gasteiger partial charge in [0, 0.05) is 11.1 Å². The molecule has 1 heterocycles. The van der Waals surface area contributed by atoms with E-state index in [4.69, 9.17) is 20.5 Å². The van der Waals surface area contributed by atoms with E-state index in [-0.39, 0.29) is 27.9 Å². The summed E-state index contributed by atoms with van der Waals surface area (Å²) in [5.74, 6) is 0.153. The van der Waals surface area contributed by atoms with E-state index >= 15 is 0 Å². The average Bonchev–Trinajstić information content (AvgIpc) is 2.98. The molecule has 146 valence electrons. The van der Waals surface area contributed by atoms with Gasteiger partial charge in [-0.05, 0) is 55.0 Å². The Kier molecular flexibility index (Phi) is 4.90. The van der Waals surface area contributed by atoms with E-state index in [0.29, 0.717) is 10.6 Å². The summed E-state index contributed by atoms with van der Waals surface area (Å²) in [5, 5.41) is 0.589. The number of hydrogen-bond donors (Lipinski definition) is 0. The molecule has 4 rings (SSSR count). The van der Waals surface area contributed by atoms with Crippen molar-refractivity contribution in [3.8, 4) is 11.5 Å². The molecule has 0 amide bonds. The van der Waals surface area contributed by atoms with Crippen LogP contribution in [0.1, 0.15) is 21.5 Å². The molecule has 0 bridgehead atoms. The number of benzene rings is 3. The first-order chi connectivity index (χ1) is 13.8. The van der Waals surface area contributed by atoms with Gasteiger partial charge in [-0.15, -0.1) is 0 Å². The quantitative estimate of drug-likeness (QED) is 0.432. The van der Waals surface area contributed by atoms with Crippen LogP contribution in [0.4, 0.5) is 0 Å². The van der Waals surface area contributed by atoms with Crippen molar-refractivity contribution in [2.75, 3.05) is 0 Å². The molecule has 0 aromatic heterocycles. The standard InChI is InChI=1S/C22H15ClO5S/c1-14-2-9-18(10-3-14)29(25,26)28-17-8-11-19-20(13-17)27-21(22(19)24)12-15-4-6-16(23)7-5-15/h2-13H,1H3. The van der Waals surface area contributed by atoms with Crippen LogP contribution in [-0.4, -0.2) is 14.2 Å². The van der Waals surface area contributed by atoms with Gasteiger partial charge in [-0.3, -0.25) is 4.79 Å². The van der Waals surface area contributed by atoms with Gasteiger partial charge < -0.3 is 8.92 Å². The summed E-state index contributed by atoms with van der Waals surface area (Å²) < 4.78 is 35.8. The van der Waals surface area contributed by atoms with Crippen molar-refractivity contribution in [1.82, 2.24) is 0 Å². The van der Waals surface area contributed by atoms with Crippen LogP contribution in [0.2, 0.25) is 5.02 Å². The maximum Gasteiger partial charge on any atom is 0.339 e. The molecule has 1 aliphatic heterocycles. The maximum absolute atomic E-state index is 12.5. The zero-order valence-corrected chi connectivity index (χ0v) is 16.8. The molecule has 3 aromatic carbocycles. The van der Waals surface area contributed by atoms with Crippen LogP contribution in [0.25, 0.3) is 6.08 Å². The molecule has 3 aromatic rings. The Morgan fingerprint density at radius 1 is 0.966 bits per heavy atom. The topological polar surface area (TPSA) is 69.7 Å². The minimum absolute atomic E-state index is 0.0453. The summed E-state index contributed by atoms with van der Waals surface area (Å²) in [4.78, 5) is 12.6. The highest BCUT2D eigenvalue weighted by Gasteiger charge is 2.28. The smallest absolute Gasteiger partial charge is 0.339 e. The Morgan fingerprint density at radius 2 is 1.66 bits per heavy atom. The van der Waals surface area contributed by atoms with E-state index in [1.165, 1.54) is 30.3 Å². The predicted octanol–water partition coefficient (Wildman–Crippen LogP) is 5.03. The number of ketones is 1. The molecule has 0 N–H and O–H groups in total. The molecular formula is C22H15ClO5S. The van der Waals surface area contributed by atoms with E-state index in [1.807, 2.05) is 6.92 Å². The third kappa shape index (κ3) is 4.04. The molecule has 0 spiro atoms. The fourth-order valence-electron chi connectivity index (χ4n) is 2.81. The van der Waals surface area contributed by atoms with Crippen LogP contribution < -0.4 is 8.92 Å². The van der Waals surface area contributed by atoms with Crippen LogP contribution >= 0.6 is 11.6 Å². The number of ether oxygens (including phenoxy) is 1. The van der Waals surface area contributed by atoms with Gasteiger partial charge in [-0.25, -0.2) is 0 Å². The van der Waals surface area contributed by atoms with Crippen molar-refractivity contribution in [1.29, 1.82) is 0 Å². The number of rotatable bonds is 4. The molecule has 1 aliphatic rings. The lowest BCUT2D eigenvalue weighted by atomic mass is 10.1. The van der Waals surface area contributed by atoms with E-state index < -0.39 is 10.1 Å². The van der Waals surface area contributed by atoms with E-state index in [9.17, 15) is 13.2 Å². The molecule has 29 heavy (non-hydrogen) atoms. The van der Waals surface area contributed by atoms with E-state index in [1.54, 1.807) is 42.5 Å². The first-order valence-electron chi connectivity index (χ1n) is 8.67. The van der Waals surface area contributed by atoms with Crippen LogP contribution in [0.3, 0.4) is 0 Å². The second-order valence-electron chi connectivity index (χ2n) is 6.50. The number of carbonyl (C=O) groups is 1. The molecular weight excluding hydrogens is 412 g/mol. The largest absolute Gasteiger partial charge is 0.452 e. The number of carbonyl (C=O) groups excluding carboxylic acids is 1. The molecule has 0 aliphatic carbocycles. The molecule has 0 saturated heterocycles. The van der Waals surface area contributed by atoms with Crippen molar-refractivity contribution in [3.63, 3.8) is 0 Å². The third-order valence-corrected chi connectivity index (χ3v) is 5.84. The number of hydrogen-bond acceptors (Lipinski definition) is 5. The highest BCUT2D eigenvalue weighted by atomic mass is 35.5. The van der Waals surface area contributed by atoms with Crippen molar-refractivity contribution in [2.24, 2.45) is 0 Å². The van der Waals surface area contributed by atoms with Crippen molar-refractivity contribution < 1.29 is 22.1 Å².